The first-order valence-corrected chi connectivity index (χ1v) is 8.73. The molecule has 4 nitrogen and oxygen atoms in total. The highest BCUT2D eigenvalue weighted by Crippen LogP contribution is 2.25. The topological polar surface area (TPSA) is 65.1 Å². The molecule has 124 valence electrons. The Bertz CT molecular complexity index is 669. The van der Waals surface area contributed by atoms with E-state index in [0.29, 0.717) is 6.04 Å². The summed E-state index contributed by atoms with van der Waals surface area (Å²) < 4.78 is 0. The number of hydrogen-bond acceptors (Lipinski definition) is 2. The van der Waals surface area contributed by atoms with Crippen molar-refractivity contribution in [2.24, 2.45) is 5.92 Å². The monoisotopic (exact) mass is 314 g/mol. The lowest BCUT2D eigenvalue weighted by Crippen LogP contribution is -2.35. The van der Waals surface area contributed by atoms with Crippen LogP contribution in [0.15, 0.2) is 24.4 Å². The maximum absolute atomic E-state index is 11.0. The highest BCUT2D eigenvalue weighted by Gasteiger charge is 2.25. The first kappa shape index (κ1) is 16.1. The van der Waals surface area contributed by atoms with E-state index in [1.165, 1.54) is 22.0 Å². The summed E-state index contributed by atoms with van der Waals surface area (Å²) in [5.74, 6) is -0.761. The summed E-state index contributed by atoms with van der Waals surface area (Å²) in [6, 6.07) is 6.99. The van der Waals surface area contributed by atoms with Gasteiger partial charge in [0.2, 0.25) is 0 Å². The summed E-state index contributed by atoms with van der Waals surface area (Å²) in [4.78, 5) is 14.4. The number of aromatic amines is 1. The molecule has 3 N–H and O–H groups in total. The minimum atomic E-state index is -0.631. The van der Waals surface area contributed by atoms with E-state index < -0.39 is 5.97 Å². The number of aromatic nitrogens is 1. The summed E-state index contributed by atoms with van der Waals surface area (Å²) >= 11 is 0. The predicted molar refractivity (Wildman–Crippen MR) is 92.8 cm³/mol. The summed E-state index contributed by atoms with van der Waals surface area (Å²) in [6.45, 7) is 3.13. The van der Waals surface area contributed by atoms with Crippen molar-refractivity contribution in [3.8, 4) is 0 Å². The fraction of sp³-hybridized carbons (Fsp3) is 0.526. The summed E-state index contributed by atoms with van der Waals surface area (Å²) in [7, 11) is 0. The van der Waals surface area contributed by atoms with E-state index in [1.54, 1.807) is 0 Å². The van der Waals surface area contributed by atoms with Gasteiger partial charge in [-0.2, -0.15) is 0 Å². The number of fused-ring (bicyclic) bond motifs is 1. The lowest BCUT2D eigenvalue weighted by molar-refractivity contribution is -0.142. The van der Waals surface area contributed by atoms with Crippen molar-refractivity contribution in [2.45, 2.75) is 51.5 Å². The fourth-order valence-electron chi connectivity index (χ4n) is 3.73. The molecule has 1 aromatic carbocycles. The molecule has 1 aromatic heterocycles. The largest absolute Gasteiger partial charge is 0.481 e. The molecule has 1 aliphatic carbocycles. The SMILES string of the molecule is CCc1cccc2c(CCNC3CCC(C(=O)O)CC3)c[nH]c12. The van der Waals surface area contributed by atoms with Crippen molar-refractivity contribution in [3.05, 3.63) is 35.5 Å². The van der Waals surface area contributed by atoms with Crippen molar-refractivity contribution in [3.63, 3.8) is 0 Å². The van der Waals surface area contributed by atoms with Gasteiger partial charge in [0.1, 0.15) is 0 Å². The molecule has 1 fully saturated rings. The Morgan fingerprint density at radius 1 is 1.26 bits per heavy atom. The molecule has 0 aliphatic heterocycles. The van der Waals surface area contributed by atoms with E-state index in [0.717, 1.165) is 45.1 Å². The van der Waals surface area contributed by atoms with Crippen LogP contribution in [0.3, 0.4) is 0 Å². The van der Waals surface area contributed by atoms with Gasteiger partial charge in [-0.15, -0.1) is 0 Å². The lowest BCUT2D eigenvalue weighted by atomic mass is 9.86. The number of carbonyl (C=O) groups is 1. The zero-order valence-electron chi connectivity index (χ0n) is 13.8. The van der Waals surface area contributed by atoms with Gasteiger partial charge in [-0.25, -0.2) is 0 Å². The molecule has 1 heterocycles. The molecule has 0 spiro atoms. The van der Waals surface area contributed by atoms with Crippen molar-refractivity contribution >= 4 is 16.9 Å². The molecule has 0 saturated heterocycles. The molecule has 2 aromatic rings. The van der Waals surface area contributed by atoms with Crippen LogP contribution in [0.2, 0.25) is 0 Å². The summed E-state index contributed by atoms with van der Waals surface area (Å²) in [5.41, 5.74) is 4.00. The fourth-order valence-corrected chi connectivity index (χ4v) is 3.73. The average Bonchev–Trinajstić information content (AvgIpc) is 2.98. The van der Waals surface area contributed by atoms with Crippen LogP contribution in [0.1, 0.15) is 43.7 Å². The highest BCUT2D eigenvalue weighted by molar-refractivity contribution is 5.86. The van der Waals surface area contributed by atoms with Crippen LogP contribution in [0.5, 0.6) is 0 Å². The molecular weight excluding hydrogens is 288 g/mol. The number of carboxylic acids is 1. The van der Waals surface area contributed by atoms with E-state index in [-0.39, 0.29) is 5.92 Å². The Morgan fingerprint density at radius 2 is 2.04 bits per heavy atom. The van der Waals surface area contributed by atoms with Crippen molar-refractivity contribution in [1.82, 2.24) is 10.3 Å². The van der Waals surface area contributed by atoms with Crippen LogP contribution in [-0.4, -0.2) is 28.6 Å². The van der Waals surface area contributed by atoms with Gasteiger partial charge in [0, 0.05) is 23.1 Å². The Morgan fingerprint density at radius 3 is 2.74 bits per heavy atom. The van der Waals surface area contributed by atoms with Gasteiger partial charge in [-0.05, 0) is 56.2 Å². The molecule has 23 heavy (non-hydrogen) atoms. The van der Waals surface area contributed by atoms with Crippen LogP contribution in [0.4, 0.5) is 0 Å². The Labute approximate surface area is 137 Å². The summed E-state index contributed by atoms with van der Waals surface area (Å²) in [5, 5.41) is 14.0. The van der Waals surface area contributed by atoms with Gasteiger partial charge >= 0.3 is 5.97 Å². The van der Waals surface area contributed by atoms with Gasteiger partial charge in [0.05, 0.1) is 5.92 Å². The second-order valence-corrected chi connectivity index (χ2v) is 6.60. The number of nitrogens with one attached hydrogen (secondary N) is 2. The van der Waals surface area contributed by atoms with E-state index in [2.05, 4.69) is 41.6 Å². The highest BCUT2D eigenvalue weighted by atomic mass is 16.4. The number of rotatable bonds is 6. The quantitative estimate of drug-likeness (QED) is 0.764. The van der Waals surface area contributed by atoms with Crippen molar-refractivity contribution < 1.29 is 9.90 Å². The average molecular weight is 314 g/mol. The minimum absolute atomic E-state index is 0.130. The van der Waals surface area contributed by atoms with Crippen LogP contribution in [0.25, 0.3) is 10.9 Å². The second-order valence-electron chi connectivity index (χ2n) is 6.60. The molecular formula is C19H26N2O2. The number of hydrogen-bond donors (Lipinski definition) is 3. The summed E-state index contributed by atoms with van der Waals surface area (Å²) in [6.07, 6.45) is 7.75. The van der Waals surface area contributed by atoms with Gasteiger partial charge < -0.3 is 15.4 Å². The first-order chi connectivity index (χ1) is 11.2. The van der Waals surface area contributed by atoms with Crippen molar-refractivity contribution in [1.29, 1.82) is 0 Å². The lowest BCUT2D eigenvalue weighted by Gasteiger charge is -2.26. The van der Waals surface area contributed by atoms with Crippen LogP contribution < -0.4 is 5.32 Å². The predicted octanol–water partition coefficient (Wildman–Crippen LogP) is 3.51. The van der Waals surface area contributed by atoms with Crippen LogP contribution in [0, 0.1) is 5.92 Å². The molecule has 3 rings (SSSR count). The molecule has 0 amide bonds. The minimum Gasteiger partial charge on any atom is -0.481 e. The van der Waals surface area contributed by atoms with E-state index in [4.69, 9.17) is 5.11 Å². The molecule has 1 aliphatic rings. The second kappa shape index (κ2) is 7.18. The van der Waals surface area contributed by atoms with E-state index >= 15 is 0 Å². The Balaban J connectivity index is 1.53. The maximum Gasteiger partial charge on any atom is 0.306 e. The third-order valence-corrected chi connectivity index (χ3v) is 5.17. The zero-order valence-corrected chi connectivity index (χ0v) is 13.8. The third-order valence-electron chi connectivity index (χ3n) is 5.17. The number of carboxylic acid groups (broad SMARTS) is 1. The number of aliphatic carboxylic acids is 1. The van der Waals surface area contributed by atoms with Gasteiger partial charge in [-0.1, -0.05) is 25.1 Å². The number of H-pyrrole nitrogens is 1. The van der Waals surface area contributed by atoms with Gasteiger partial charge in [0.15, 0.2) is 0 Å². The molecule has 0 bridgehead atoms. The molecule has 4 heteroatoms. The Hall–Kier alpha value is -1.81. The van der Waals surface area contributed by atoms with Crippen LogP contribution >= 0.6 is 0 Å². The molecule has 1 saturated carbocycles. The van der Waals surface area contributed by atoms with E-state index in [1.807, 2.05) is 0 Å². The first-order valence-electron chi connectivity index (χ1n) is 8.73. The van der Waals surface area contributed by atoms with Gasteiger partial charge in [-0.3, -0.25) is 4.79 Å². The van der Waals surface area contributed by atoms with Gasteiger partial charge in [0.25, 0.3) is 0 Å². The maximum atomic E-state index is 11.0. The number of para-hydroxylation sites is 1. The van der Waals surface area contributed by atoms with E-state index in [9.17, 15) is 4.79 Å². The molecule has 0 radical (unpaired) electrons. The third kappa shape index (κ3) is 3.58. The number of aryl methyl sites for hydroxylation is 1. The zero-order chi connectivity index (χ0) is 16.2. The van der Waals surface area contributed by atoms with Crippen molar-refractivity contribution in [2.75, 3.05) is 6.54 Å². The molecule has 0 unspecified atom stereocenters. The van der Waals surface area contributed by atoms with Crippen LogP contribution in [-0.2, 0) is 17.6 Å². The number of benzene rings is 1. The Kier molecular flexibility index (Phi) is 5.01. The standard InChI is InChI=1S/C19H26N2O2/c1-2-13-4-3-5-17-15(12-21-18(13)17)10-11-20-16-8-6-14(7-9-16)19(22)23/h3-5,12,14,16,20-21H,2,6-11H2,1H3,(H,22,23). The normalized spacial score (nSPS) is 21.6. The molecule has 0 atom stereocenters. The smallest absolute Gasteiger partial charge is 0.306 e.